The van der Waals surface area contributed by atoms with Gasteiger partial charge >= 0.3 is 0 Å². The van der Waals surface area contributed by atoms with Crippen molar-refractivity contribution in [2.24, 2.45) is 5.92 Å². The highest BCUT2D eigenvalue weighted by molar-refractivity contribution is 6.42. The lowest BCUT2D eigenvalue weighted by atomic mass is 9.95. The highest BCUT2D eigenvalue weighted by atomic mass is 35.5. The van der Waals surface area contributed by atoms with E-state index in [0.717, 1.165) is 44.6 Å². The molecule has 0 saturated carbocycles. The summed E-state index contributed by atoms with van der Waals surface area (Å²) in [5, 5.41) is 4.39. The molecule has 4 rings (SSSR count). The Morgan fingerprint density at radius 3 is 2.26 bits per heavy atom. The molecular formula is C25H31Cl2N3O. The van der Waals surface area contributed by atoms with E-state index in [0.29, 0.717) is 16.6 Å². The maximum atomic E-state index is 12.8. The van der Waals surface area contributed by atoms with Crippen molar-refractivity contribution in [2.45, 2.75) is 45.3 Å². The van der Waals surface area contributed by atoms with Crippen molar-refractivity contribution in [1.29, 1.82) is 0 Å². The van der Waals surface area contributed by atoms with Crippen LogP contribution in [0.3, 0.4) is 0 Å². The van der Waals surface area contributed by atoms with Gasteiger partial charge in [-0.1, -0.05) is 53.5 Å². The van der Waals surface area contributed by atoms with Crippen molar-refractivity contribution in [1.82, 2.24) is 15.1 Å². The fraction of sp³-hybridized carbons (Fsp3) is 0.480. The van der Waals surface area contributed by atoms with Crippen LogP contribution < -0.4 is 5.32 Å². The Morgan fingerprint density at radius 2 is 1.55 bits per heavy atom. The van der Waals surface area contributed by atoms with Gasteiger partial charge in [0.25, 0.3) is 0 Å². The molecule has 1 N–H and O–H groups in total. The number of hydrogen-bond acceptors (Lipinski definition) is 3. The van der Waals surface area contributed by atoms with E-state index in [-0.39, 0.29) is 11.8 Å². The normalized spacial score (nSPS) is 18.4. The number of hydrogen-bond donors (Lipinski definition) is 1. The second-order valence-electron chi connectivity index (χ2n) is 8.77. The number of amides is 1. The topological polar surface area (TPSA) is 35.6 Å². The number of rotatable bonds is 7. The lowest BCUT2D eigenvalue weighted by molar-refractivity contribution is -0.126. The standard InChI is InChI=1S/C25H31Cl2N3O/c26-23-8-7-19(15-24(23)27)17-30-13-9-20(10-14-30)25(31)28-16-21-5-1-2-6-22(21)18-29-11-3-4-12-29/h1-2,5-8,15,20H,3-4,9-14,16-18H2,(H,28,31). The molecule has 0 aromatic heterocycles. The minimum atomic E-state index is 0.0933. The Labute approximate surface area is 195 Å². The first-order valence-corrected chi connectivity index (χ1v) is 12.1. The van der Waals surface area contributed by atoms with Crippen molar-refractivity contribution < 1.29 is 4.79 Å². The van der Waals surface area contributed by atoms with Crippen LogP contribution in [0.1, 0.15) is 42.4 Å². The van der Waals surface area contributed by atoms with E-state index in [9.17, 15) is 4.79 Å². The van der Waals surface area contributed by atoms with Crippen LogP contribution in [0.15, 0.2) is 42.5 Å². The molecule has 2 heterocycles. The van der Waals surface area contributed by atoms with Crippen molar-refractivity contribution in [3.63, 3.8) is 0 Å². The van der Waals surface area contributed by atoms with Gasteiger partial charge in [-0.25, -0.2) is 0 Å². The largest absolute Gasteiger partial charge is 0.352 e. The maximum absolute atomic E-state index is 12.8. The summed E-state index contributed by atoms with van der Waals surface area (Å²) in [5.41, 5.74) is 3.73. The Balaban J connectivity index is 1.24. The van der Waals surface area contributed by atoms with E-state index in [1.165, 1.54) is 37.1 Å². The van der Waals surface area contributed by atoms with Gasteiger partial charge in [0.05, 0.1) is 10.0 Å². The molecule has 1 amide bonds. The van der Waals surface area contributed by atoms with Gasteiger partial charge in [0, 0.05) is 25.6 Å². The molecule has 0 unspecified atom stereocenters. The predicted molar refractivity (Wildman–Crippen MR) is 127 cm³/mol. The van der Waals surface area contributed by atoms with Gasteiger partial charge in [-0.05, 0) is 80.7 Å². The van der Waals surface area contributed by atoms with Gasteiger partial charge < -0.3 is 5.32 Å². The molecule has 0 spiro atoms. The first-order chi connectivity index (χ1) is 15.1. The summed E-state index contributed by atoms with van der Waals surface area (Å²) in [6, 6.07) is 14.3. The van der Waals surface area contributed by atoms with Crippen molar-refractivity contribution in [2.75, 3.05) is 26.2 Å². The van der Waals surface area contributed by atoms with Gasteiger partial charge in [-0.2, -0.15) is 0 Å². The van der Waals surface area contributed by atoms with E-state index < -0.39 is 0 Å². The van der Waals surface area contributed by atoms with E-state index in [1.54, 1.807) is 0 Å². The molecule has 6 heteroatoms. The van der Waals surface area contributed by atoms with Crippen LogP contribution in [0.5, 0.6) is 0 Å². The highest BCUT2D eigenvalue weighted by Crippen LogP contribution is 2.25. The first kappa shape index (κ1) is 22.6. The first-order valence-electron chi connectivity index (χ1n) is 11.3. The molecule has 0 aliphatic carbocycles. The van der Waals surface area contributed by atoms with Gasteiger partial charge in [-0.15, -0.1) is 0 Å². The number of halogens is 2. The molecule has 0 radical (unpaired) electrons. The Kier molecular flexibility index (Phi) is 7.89. The molecule has 0 atom stereocenters. The van der Waals surface area contributed by atoms with Crippen molar-refractivity contribution in [3.05, 3.63) is 69.2 Å². The summed E-state index contributed by atoms with van der Waals surface area (Å²) in [6.45, 7) is 6.65. The van der Waals surface area contributed by atoms with E-state index >= 15 is 0 Å². The molecule has 2 aliphatic rings. The average molecular weight is 460 g/mol. The number of likely N-dealkylation sites (tertiary alicyclic amines) is 2. The Morgan fingerprint density at radius 1 is 0.871 bits per heavy atom. The maximum Gasteiger partial charge on any atom is 0.223 e. The van der Waals surface area contributed by atoms with Crippen LogP contribution >= 0.6 is 23.2 Å². The number of carbonyl (C=O) groups excluding carboxylic acids is 1. The quantitative estimate of drug-likeness (QED) is 0.623. The molecule has 0 bridgehead atoms. The molecule has 2 aromatic carbocycles. The van der Waals surface area contributed by atoms with Crippen LogP contribution in [-0.4, -0.2) is 41.9 Å². The third-order valence-electron chi connectivity index (χ3n) is 6.51. The monoisotopic (exact) mass is 459 g/mol. The summed E-state index contributed by atoms with van der Waals surface area (Å²) in [4.78, 5) is 17.7. The summed E-state index contributed by atoms with van der Waals surface area (Å²) in [5.74, 6) is 0.279. The molecule has 31 heavy (non-hydrogen) atoms. The minimum Gasteiger partial charge on any atom is -0.352 e. The van der Waals surface area contributed by atoms with Gasteiger partial charge in [0.15, 0.2) is 0 Å². The number of benzene rings is 2. The minimum absolute atomic E-state index is 0.0933. The Hall–Kier alpha value is -1.59. The van der Waals surface area contributed by atoms with Crippen LogP contribution in [0.25, 0.3) is 0 Å². The molecule has 2 fully saturated rings. The lowest BCUT2D eigenvalue weighted by Crippen LogP contribution is -2.40. The second kappa shape index (κ2) is 10.8. The summed E-state index contributed by atoms with van der Waals surface area (Å²) in [6.07, 6.45) is 4.37. The average Bonchev–Trinajstić information content (AvgIpc) is 3.29. The van der Waals surface area contributed by atoms with E-state index in [4.69, 9.17) is 23.2 Å². The lowest BCUT2D eigenvalue weighted by Gasteiger charge is -2.31. The predicted octanol–water partition coefficient (Wildman–Crippen LogP) is 5.12. The molecule has 2 aliphatic heterocycles. The zero-order valence-corrected chi connectivity index (χ0v) is 19.5. The zero-order chi connectivity index (χ0) is 21.6. The number of piperidine rings is 1. The smallest absolute Gasteiger partial charge is 0.223 e. The van der Waals surface area contributed by atoms with Crippen LogP contribution in [0.2, 0.25) is 10.0 Å². The van der Waals surface area contributed by atoms with E-state index in [1.807, 2.05) is 18.2 Å². The number of carbonyl (C=O) groups is 1. The summed E-state index contributed by atoms with van der Waals surface area (Å²) >= 11 is 12.1. The molecule has 166 valence electrons. The van der Waals surface area contributed by atoms with Crippen LogP contribution in [-0.2, 0) is 24.4 Å². The molecule has 2 aromatic rings. The second-order valence-corrected chi connectivity index (χ2v) is 9.58. The third-order valence-corrected chi connectivity index (χ3v) is 7.25. The SMILES string of the molecule is O=C(NCc1ccccc1CN1CCCC1)C1CCN(Cc2ccc(Cl)c(Cl)c2)CC1. The van der Waals surface area contributed by atoms with Gasteiger partial charge in [0.2, 0.25) is 5.91 Å². The van der Waals surface area contributed by atoms with Crippen LogP contribution in [0, 0.1) is 5.92 Å². The van der Waals surface area contributed by atoms with Gasteiger partial charge in [0.1, 0.15) is 0 Å². The molecule has 2 saturated heterocycles. The number of nitrogens with zero attached hydrogens (tertiary/aromatic N) is 2. The van der Waals surface area contributed by atoms with Crippen molar-refractivity contribution >= 4 is 29.1 Å². The highest BCUT2D eigenvalue weighted by Gasteiger charge is 2.25. The van der Waals surface area contributed by atoms with E-state index in [2.05, 4.69) is 39.4 Å². The summed E-state index contributed by atoms with van der Waals surface area (Å²) < 4.78 is 0. The third kappa shape index (κ3) is 6.23. The Bertz CT molecular complexity index is 890. The summed E-state index contributed by atoms with van der Waals surface area (Å²) in [7, 11) is 0. The zero-order valence-electron chi connectivity index (χ0n) is 18.0. The molecular weight excluding hydrogens is 429 g/mol. The number of nitrogens with one attached hydrogen (secondary N) is 1. The fourth-order valence-electron chi connectivity index (χ4n) is 4.64. The molecule has 4 nitrogen and oxygen atoms in total. The van der Waals surface area contributed by atoms with Crippen molar-refractivity contribution in [3.8, 4) is 0 Å². The van der Waals surface area contributed by atoms with Crippen LogP contribution in [0.4, 0.5) is 0 Å². The fourth-order valence-corrected chi connectivity index (χ4v) is 4.96. The van der Waals surface area contributed by atoms with Gasteiger partial charge in [-0.3, -0.25) is 14.6 Å².